The van der Waals surface area contributed by atoms with Crippen LogP contribution in [0.4, 0.5) is 0 Å². The molecule has 1 aromatic carbocycles. The van der Waals surface area contributed by atoms with Crippen molar-refractivity contribution in [3.8, 4) is 16.6 Å². The van der Waals surface area contributed by atoms with Crippen LogP contribution in [0.5, 0.6) is 0 Å². The number of piperazine rings is 1. The first-order valence-electron chi connectivity index (χ1n) is 9.17. The summed E-state index contributed by atoms with van der Waals surface area (Å²) in [6.45, 7) is 4.07. The SMILES string of the molecule is N#Cc1ccc(CN2CCN(C(=O)Cc3csc(-c4ccsc4)n3)CC2)cc1. The second kappa shape index (κ2) is 8.65. The molecule has 1 aliphatic heterocycles. The predicted molar refractivity (Wildman–Crippen MR) is 112 cm³/mol. The molecule has 4 rings (SSSR count). The van der Waals surface area contributed by atoms with E-state index in [9.17, 15) is 4.79 Å². The number of hydrogen-bond acceptors (Lipinski definition) is 6. The molecule has 0 unspecified atom stereocenters. The van der Waals surface area contributed by atoms with Crippen molar-refractivity contribution >= 4 is 28.6 Å². The van der Waals surface area contributed by atoms with Gasteiger partial charge in [0.2, 0.25) is 5.91 Å². The first kappa shape index (κ1) is 18.8. The molecule has 2 aromatic heterocycles. The minimum absolute atomic E-state index is 0.153. The van der Waals surface area contributed by atoms with Crippen LogP contribution in [-0.4, -0.2) is 46.9 Å². The van der Waals surface area contributed by atoms with Gasteiger partial charge in [-0.25, -0.2) is 4.98 Å². The zero-order valence-electron chi connectivity index (χ0n) is 15.4. The summed E-state index contributed by atoms with van der Waals surface area (Å²) in [5.41, 5.74) is 3.87. The smallest absolute Gasteiger partial charge is 0.228 e. The lowest BCUT2D eigenvalue weighted by molar-refractivity contribution is -0.132. The summed E-state index contributed by atoms with van der Waals surface area (Å²) < 4.78 is 0. The first-order chi connectivity index (χ1) is 13.7. The quantitative estimate of drug-likeness (QED) is 0.647. The van der Waals surface area contributed by atoms with Gasteiger partial charge in [-0.3, -0.25) is 9.69 Å². The lowest BCUT2D eigenvalue weighted by Gasteiger charge is -2.34. The summed E-state index contributed by atoms with van der Waals surface area (Å²) in [4.78, 5) is 21.6. The molecule has 28 heavy (non-hydrogen) atoms. The number of rotatable bonds is 5. The molecular weight excluding hydrogens is 388 g/mol. The van der Waals surface area contributed by atoms with Crippen molar-refractivity contribution in [3.63, 3.8) is 0 Å². The van der Waals surface area contributed by atoms with E-state index in [2.05, 4.69) is 27.4 Å². The Morgan fingerprint density at radius 2 is 1.89 bits per heavy atom. The zero-order valence-corrected chi connectivity index (χ0v) is 17.0. The van der Waals surface area contributed by atoms with Gasteiger partial charge in [-0.05, 0) is 29.1 Å². The Bertz CT molecular complexity index is 965. The lowest BCUT2D eigenvalue weighted by atomic mass is 10.1. The Hall–Kier alpha value is -2.53. The minimum atomic E-state index is 0.153. The largest absolute Gasteiger partial charge is 0.340 e. The van der Waals surface area contributed by atoms with E-state index in [1.807, 2.05) is 39.9 Å². The van der Waals surface area contributed by atoms with Gasteiger partial charge in [-0.15, -0.1) is 11.3 Å². The highest BCUT2D eigenvalue weighted by Crippen LogP contribution is 2.26. The maximum atomic E-state index is 12.6. The van der Waals surface area contributed by atoms with Crippen LogP contribution in [0.15, 0.2) is 46.5 Å². The van der Waals surface area contributed by atoms with Crippen LogP contribution in [0, 0.1) is 11.3 Å². The highest BCUT2D eigenvalue weighted by Gasteiger charge is 2.22. The lowest BCUT2D eigenvalue weighted by Crippen LogP contribution is -2.48. The normalized spacial score (nSPS) is 14.8. The molecule has 142 valence electrons. The number of carbonyl (C=O) groups excluding carboxylic acids is 1. The molecule has 1 aliphatic rings. The highest BCUT2D eigenvalue weighted by molar-refractivity contribution is 7.14. The van der Waals surface area contributed by atoms with E-state index in [-0.39, 0.29) is 5.91 Å². The molecule has 0 saturated carbocycles. The van der Waals surface area contributed by atoms with Crippen LogP contribution in [0.1, 0.15) is 16.8 Å². The number of nitrogens with zero attached hydrogens (tertiary/aromatic N) is 4. The van der Waals surface area contributed by atoms with Crippen LogP contribution in [-0.2, 0) is 17.8 Å². The fraction of sp³-hybridized carbons (Fsp3) is 0.286. The van der Waals surface area contributed by atoms with E-state index in [0.29, 0.717) is 12.0 Å². The van der Waals surface area contributed by atoms with Gasteiger partial charge in [0.05, 0.1) is 23.7 Å². The molecule has 3 heterocycles. The van der Waals surface area contributed by atoms with Crippen LogP contribution in [0.3, 0.4) is 0 Å². The van der Waals surface area contributed by atoms with Crippen LogP contribution in [0.2, 0.25) is 0 Å². The van der Waals surface area contributed by atoms with E-state index < -0.39 is 0 Å². The number of carbonyl (C=O) groups is 1. The zero-order chi connectivity index (χ0) is 19.3. The standard InChI is InChI=1S/C21H20N4OS2/c22-12-16-1-3-17(4-2-16)13-24-6-8-25(9-7-24)20(26)11-19-15-28-21(23-19)18-5-10-27-14-18/h1-5,10,14-15H,6-9,11,13H2. The maximum Gasteiger partial charge on any atom is 0.228 e. The van der Waals surface area contributed by atoms with E-state index >= 15 is 0 Å². The van der Waals surface area contributed by atoms with E-state index in [4.69, 9.17) is 5.26 Å². The average Bonchev–Trinajstić information content (AvgIpc) is 3.41. The molecule has 7 heteroatoms. The van der Waals surface area contributed by atoms with Crippen molar-refractivity contribution in [2.24, 2.45) is 0 Å². The Kier molecular flexibility index (Phi) is 5.81. The fourth-order valence-corrected chi connectivity index (χ4v) is 4.80. The summed E-state index contributed by atoms with van der Waals surface area (Å²) in [6, 6.07) is 11.9. The summed E-state index contributed by atoms with van der Waals surface area (Å²) in [7, 11) is 0. The fourth-order valence-electron chi connectivity index (χ4n) is 3.27. The number of thiophene rings is 1. The number of nitriles is 1. The second-order valence-electron chi connectivity index (χ2n) is 6.80. The summed E-state index contributed by atoms with van der Waals surface area (Å²) >= 11 is 3.25. The minimum Gasteiger partial charge on any atom is -0.340 e. The molecule has 0 atom stereocenters. The third-order valence-corrected chi connectivity index (χ3v) is 6.49. The van der Waals surface area contributed by atoms with Gasteiger partial charge < -0.3 is 4.90 Å². The van der Waals surface area contributed by atoms with Crippen molar-refractivity contribution in [3.05, 3.63) is 63.3 Å². The highest BCUT2D eigenvalue weighted by atomic mass is 32.1. The van der Waals surface area contributed by atoms with Crippen molar-refractivity contribution < 1.29 is 4.79 Å². The van der Waals surface area contributed by atoms with Gasteiger partial charge in [0.1, 0.15) is 5.01 Å². The van der Waals surface area contributed by atoms with Crippen molar-refractivity contribution in [2.75, 3.05) is 26.2 Å². The Labute approximate surface area is 172 Å². The number of benzene rings is 1. The third-order valence-electron chi connectivity index (χ3n) is 4.87. The maximum absolute atomic E-state index is 12.6. The molecule has 0 bridgehead atoms. The van der Waals surface area contributed by atoms with Gasteiger partial charge >= 0.3 is 0 Å². The number of aromatic nitrogens is 1. The van der Waals surface area contributed by atoms with E-state index in [0.717, 1.165) is 49.0 Å². The van der Waals surface area contributed by atoms with Gasteiger partial charge in [0.25, 0.3) is 0 Å². The average molecular weight is 409 g/mol. The number of amides is 1. The second-order valence-corrected chi connectivity index (χ2v) is 8.44. The molecule has 0 radical (unpaired) electrons. The summed E-state index contributed by atoms with van der Waals surface area (Å²) in [6.07, 6.45) is 0.371. The molecule has 1 fully saturated rings. The molecule has 1 amide bonds. The van der Waals surface area contributed by atoms with Crippen LogP contribution >= 0.6 is 22.7 Å². The monoisotopic (exact) mass is 408 g/mol. The van der Waals surface area contributed by atoms with Crippen LogP contribution < -0.4 is 0 Å². The molecule has 0 aliphatic carbocycles. The van der Waals surface area contributed by atoms with Crippen molar-refractivity contribution in [1.82, 2.24) is 14.8 Å². The molecule has 1 saturated heterocycles. The Morgan fingerprint density at radius 1 is 1.11 bits per heavy atom. The van der Waals surface area contributed by atoms with E-state index in [1.54, 1.807) is 22.7 Å². The molecule has 0 N–H and O–H groups in total. The number of hydrogen-bond donors (Lipinski definition) is 0. The molecule has 5 nitrogen and oxygen atoms in total. The number of thiazole rings is 1. The summed E-state index contributed by atoms with van der Waals surface area (Å²) in [5.74, 6) is 0.153. The Balaban J connectivity index is 1.27. The topological polar surface area (TPSA) is 60.2 Å². The summed E-state index contributed by atoms with van der Waals surface area (Å²) in [5, 5.41) is 16.0. The molecule has 3 aromatic rings. The van der Waals surface area contributed by atoms with Gasteiger partial charge in [0, 0.05) is 49.0 Å². The molecule has 0 spiro atoms. The van der Waals surface area contributed by atoms with Crippen molar-refractivity contribution in [1.29, 1.82) is 5.26 Å². The molecular formula is C21H20N4OS2. The van der Waals surface area contributed by atoms with Gasteiger partial charge in [-0.1, -0.05) is 12.1 Å². The predicted octanol–water partition coefficient (Wildman–Crippen LogP) is 3.63. The van der Waals surface area contributed by atoms with E-state index in [1.165, 1.54) is 5.56 Å². The van der Waals surface area contributed by atoms with Crippen LogP contribution in [0.25, 0.3) is 10.6 Å². The van der Waals surface area contributed by atoms with Crippen molar-refractivity contribution in [2.45, 2.75) is 13.0 Å². The van der Waals surface area contributed by atoms with Gasteiger partial charge in [-0.2, -0.15) is 16.6 Å². The Morgan fingerprint density at radius 3 is 2.57 bits per heavy atom. The van der Waals surface area contributed by atoms with Gasteiger partial charge in [0.15, 0.2) is 0 Å². The first-order valence-corrected chi connectivity index (χ1v) is 11.0. The third kappa shape index (κ3) is 4.47.